The zero-order chi connectivity index (χ0) is 19.9. The molecule has 0 amide bonds. The number of carbonyl (C=O) groups excluding carboxylic acids is 1. The fourth-order valence-corrected chi connectivity index (χ4v) is 2.64. The van der Waals surface area contributed by atoms with Crippen molar-refractivity contribution >= 4 is 5.78 Å². The molecular weight excluding hydrogens is 360 g/mol. The lowest BCUT2D eigenvalue weighted by Crippen LogP contribution is -2.31. The summed E-state index contributed by atoms with van der Waals surface area (Å²) in [5.74, 6) is 0.758. The Hall–Kier alpha value is -3.26. The molecule has 0 bridgehead atoms. The molecule has 8 heteroatoms. The van der Waals surface area contributed by atoms with Gasteiger partial charge in [0.15, 0.2) is 0 Å². The summed E-state index contributed by atoms with van der Waals surface area (Å²) in [5.41, 5.74) is 1.22. The fourth-order valence-electron chi connectivity index (χ4n) is 2.64. The van der Waals surface area contributed by atoms with E-state index in [0.717, 1.165) is 10.2 Å². The molecule has 1 aromatic heterocycles. The third kappa shape index (κ3) is 5.14. The van der Waals surface area contributed by atoms with E-state index in [9.17, 15) is 14.7 Å². The molecule has 1 unspecified atom stereocenters. The van der Waals surface area contributed by atoms with E-state index in [2.05, 4.69) is 10.4 Å². The Balaban J connectivity index is 1.53. The number of benzene rings is 2. The summed E-state index contributed by atoms with van der Waals surface area (Å²) >= 11 is 0. The molecule has 0 aliphatic heterocycles. The van der Waals surface area contributed by atoms with Gasteiger partial charge in [-0.05, 0) is 53.6 Å². The molecule has 1 heterocycles. The van der Waals surface area contributed by atoms with Crippen LogP contribution in [0.5, 0.6) is 5.75 Å². The maximum atomic E-state index is 12.4. The lowest BCUT2D eigenvalue weighted by atomic mass is 10.1. The summed E-state index contributed by atoms with van der Waals surface area (Å²) in [5, 5.41) is 17.8. The van der Waals surface area contributed by atoms with Crippen molar-refractivity contribution in [3.05, 3.63) is 70.6 Å². The number of tetrazole rings is 1. The molecule has 3 rings (SSSR count). The number of carbonyl (C=O) groups is 1. The predicted molar refractivity (Wildman–Crippen MR) is 103 cm³/mol. The molecule has 0 saturated heterocycles. The maximum Gasteiger partial charge on any atom is 0.368 e. The maximum absolute atomic E-state index is 12.4. The minimum absolute atomic E-state index is 0.0113. The largest absolute Gasteiger partial charge is 0.491 e. The van der Waals surface area contributed by atoms with E-state index in [1.807, 2.05) is 18.2 Å². The molecule has 0 aliphatic rings. The zero-order valence-electron chi connectivity index (χ0n) is 15.6. The van der Waals surface area contributed by atoms with E-state index in [0.29, 0.717) is 24.3 Å². The highest BCUT2D eigenvalue weighted by Gasteiger charge is 2.13. The highest BCUT2D eigenvalue weighted by Crippen LogP contribution is 2.14. The first-order valence-corrected chi connectivity index (χ1v) is 9.00. The molecule has 146 valence electrons. The molecule has 1 N–H and O–H groups in total. The second kappa shape index (κ2) is 9.09. The van der Waals surface area contributed by atoms with Crippen LogP contribution in [0.15, 0.2) is 59.4 Å². The Morgan fingerprint density at radius 1 is 1.11 bits per heavy atom. The lowest BCUT2D eigenvalue weighted by molar-refractivity contribution is -0.116. The van der Waals surface area contributed by atoms with Gasteiger partial charge in [0.2, 0.25) is 0 Å². The Morgan fingerprint density at radius 2 is 1.82 bits per heavy atom. The minimum Gasteiger partial charge on any atom is -0.491 e. The number of aliphatic hydroxyl groups is 1. The second-order valence-electron chi connectivity index (χ2n) is 6.50. The molecule has 8 nitrogen and oxygen atoms in total. The molecular formula is C20H22N4O4. The van der Waals surface area contributed by atoms with Gasteiger partial charge < -0.3 is 14.6 Å². The minimum atomic E-state index is -0.920. The SMILES string of the molecule is CC(=O)CCc1ccc(OCC(O)Cn2nnn(-c3ccccc3)c2=O)cc1. The zero-order valence-corrected chi connectivity index (χ0v) is 15.6. The highest BCUT2D eigenvalue weighted by molar-refractivity contribution is 5.75. The molecule has 0 aliphatic carbocycles. The van der Waals surface area contributed by atoms with Crippen LogP contribution in [0.3, 0.4) is 0 Å². The average Bonchev–Trinajstić information content (AvgIpc) is 3.06. The van der Waals surface area contributed by atoms with Gasteiger partial charge in [-0.15, -0.1) is 0 Å². The molecule has 28 heavy (non-hydrogen) atoms. The van der Waals surface area contributed by atoms with Gasteiger partial charge in [0, 0.05) is 6.42 Å². The van der Waals surface area contributed by atoms with Crippen molar-refractivity contribution in [3.8, 4) is 11.4 Å². The van der Waals surface area contributed by atoms with Crippen LogP contribution in [0.1, 0.15) is 18.9 Å². The van der Waals surface area contributed by atoms with Crippen molar-refractivity contribution in [3.63, 3.8) is 0 Å². The summed E-state index contributed by atoms with van der Waals surface area (Å²) in [7, 11) is 0. The molecule has 0 fully saturated rings. The van der Waals surface area contributed by atoms with Crippen molar-refractivity contribution in [1.82, 2.24) is 19.8 Å². The van der Waals surface area contributed by atoms with Gasteiger partial charge in [-0.1, -0.05) is 30.3 Å². The van der Waals surface area contributed by atoms with Crippen LogP contribution in [0.2, 0.25) is 0 Å². The smallest absolute Gasteiger partial charge is 0.368 e. The Morgan fingerprint density at radius 3 is 2.50 bits per heavy atom. The molecule has 0 radical (unpaired) electrons. The van der Waals surface area contributed by atoms with Gasteiger partial charge in [-0.2, -0.15) is 9.36 Å². The van der Waals surface area contributed by atoms with Gasteiger partial charge in [0.05, 0.1) is 12.2 Å². The predicted octanol–water partition coefficient (Wildman–Crippen LogP) is 1.39. The van der Waals surface area contributed by atoms with Crippen LogP contribution >= 0.6 is 0 Å². The van der Waals surface area contributed by atoms with E-state index in [-0.39, 0.29) is 18.9 Å². The number of ketones is 1. The molecule has 0 saturated carbocycles. The third-order valence-electron chi connectivity index (χ3n) is 4.16. The first-order chi connectivity index (χ1) is 13.5. The number of ether oxygens (including phenoxy) is 1. The van der Waals surface area contributed by atoms with Crippen molar-refractivity contribution in [2.45, 2.75) is 32.4 Å². The quantitative estimate of drug-likeness (QED) is 0.600. The summed E-state index contributed by atoms with van der Waals surface area (Å²) in [6, 6.07) is 16.3. The van der Waals surface area contributed by atoms with E-state index in [1.54, 1.807) is 43.3 Å². The van der Waals surface area contributed by atoms with E-state index in [4.69, 9.17) is 4.74 Å². The highest BCUT2D eigenvalue weighted by atomic mass is 16.5. The van der Waals surface area contributed by atoms with Crippen LogP contribution in [-0.4, -0.2) is 43.4 Å². The van der Waals surface area contributed by atoms with Crippen molar-refractivity contribution < 1.29 is 14.6 Å². The van der Waals surface area contributed by atoms with Crippen LogP contribution in [0, 0.1) is 0 Å². The molecule has 1 atom stereocenters. The number of aryl methyl sites for hydroxylation is 1. The van der Waals surface area contributed by atoms with Gasteiger partial charge >= 0.3 is 5.69 Å². The van der Waals surface area contributed by atoms with Crippen LogP contribution in [0.25, 0.3) is 5.69 Å². The lowest BCUT2D eigenvalue weighted by Gasteiger charge is -2.12. The third-order valence-corrected chi connectivity index (χ3v) is 4.16. The van der Waals surface area contributed by atoms with Crippen molar-refractivity contribution in [1.29, 1.82) is 0 Å². The summed E-state index contributed by atoms with van der Waals surface area (Å²) < 4.78 is 7.84. The van der Waals surface area contributed by atoms with Gasteiger partial charge in [-0.25, -0.2) is 4.79 Å². The number of Topliss-reactive ketones (excluding diaryl/α,β-unsaturated/α-hetero) is 1. The normalized spacial score (nSPS) is 11.9. The number of hydrogen-bond acceptors (Lipinski definition) is 6. The summed E-state index contributed by atoms with van der Waals surface area (Å²) in [4.78, 5) is 23.4. The monoisotopic (exact) mass is 382 g/mol. The Labute approximate surface area is 162 Å². The van der Waals surface area contributed by atoms with Crippen LogP contribution in [0.4, 0.5) is 0 Å². The Bertz CT molecular complexity index is 964. The van der Waals surface area contributed by atoms with Crippen molar-refractivity contribution in [2.24, 2.45) is 0 Å². The molecule has 3 aromatic rings. The molecule has 2 aromatic carbocycles. The number of aliphatic hydroxyl groups excluding tert-OH is 1. The fraction of sp³-hybridized carbons (Fsp3) is 0.300. The van der Waals surface area contributed by atoms with E-state index in [1.165, 1.54) is 4.68 Å². The number of para-hydroxylation sites is 1. The topological polar surface area (TPSA) is 99.2 Å². The first kappa shape index (κ1) is 19.5. The van der Waals surface area contributed by atoms with Gasteiger partial charge in [0.1, 0.15) is 24.2 Å². The van der Waals surface area contributed by atoms with Crippen LogP contribution in [-0.2, 0) is 17.8 Å². The number of rotatable bonds is 9. The number of nitrogens with zero attached hydrogens (tertiary/aromatic N) is 4. The molecule has 0 spiro atoms. The summed E-state index contributed by atoms with van der Waals surface area (Å²) in [6.45, 7) is 1.56. The summed E-state index contributed by atoms with van der Waals surface area (Å²) in [6.07, 6.45) is 0.284. The van der Waals surface area contributed by atoms with E-state index < -0.39 is 11.8 Å². The van der Waals surface area contributed by atoms with Crippen LogP contribution < -0.4 is 10.4 Å². The van der Waals surface area contributed by atoms with E-state index >= 15 is 0 Å². The number of aromatic nitrogens is 4. The standard InChI is InChI=1S/C20H22N4O4/c1-15(25)7-8-16-9-11-19(12-10-16)28-14-18(26)13-23-20(27)24(22-21-23)17-5-3-2-4-6-17/h2-6,9-12,18,26H,7-8,13-14H2,1H3. The van der Waals surface area contributed by atoms with Gasteiger partial charge in [0.25, 0.3) is 0 Å². The Kier molecular flexibility index (Phi) is 6.33. The van der Waals surface area contributed by atoms with Crippen molar-refractivity contribution in [2.75, 3.05) is 6.61 Å². The average molecular weight is 382 g/mol. The van der Waals surface area contributed by atoms with Gasteiger partial charge in [-0.3, -0.25) is 0 Å². The second-order valence-corrected chi connectivity index (χ2v) is 6.50. The number of hydrogen-bond donors (Lipinski definition) is 1. The first-order valence-electron chi connectivity index (χ1n) is 9.00.